The predicted octanol–water partition coefficient (Wildman–Crippen LogP) is 16.7. The van der Waals surface area contributed by atoms with Crippen LogP contribution >= 0.6 is 0 Å². The van der Waals surface area contributed by atoms with Crippen LogP contribution in [0.5, 0.6) is 0 Å². The molecule has 0 amide bonds. The lowest BCUT2D eigenvalue weighted by Crippen LogP contribution is -2.10. The average Bonchev–Trinajstić information content (AvgIpc) is 3.69. The van der Waals surface area contributed by atoms with Crippen LogP contribution in [0.15, 0.2) is 243 Å². The first kappa shape index (κ1) is 35.7. The molecule has 62 heavy (non-hydrogen) atoms. The summed E-state index contributed by atoms with van der Waals surface area (Å²) in [5, 5.41) is 9.93. The normalized spacial score (nSPS) is 11.5. The highest BCUT2D eigenvalue weighted by molar-refractivity contribution is 6.19. The first-order chi connectivity index (χ1) is 30.8. The lowest BCUT2D eigenvalue weighted by atomic mass is 9.91. The van der Waals surface area contributed by atoms with Gasteiger partial charge in [-0.1, -0.05) is 194 Å². The van der Waals surface area contributed by atoms with Gasteiger partial charge in [-0.2, -0.15) is 0 Å². The maximum absolute atomic E-state index is 2.44. The molecule has 290 valence electrons. The van der Waals surface area contributed by atoms with E-state index in [1.54, 1.807) is 0 Å². The fourth-order valence-corrected chi connectivity index (χ4v) is 9.67. The van der Waals surface area contributed by atoms with E-state index >= 15 is 0 Å². The Morgan fingerprint density at radius 2 is 0.823 bits per heavy atom. The summed E-state index contributed by atoms with van der Waals surface area (Å²) in [5.41, 5.74) is 14.2. The van der Waals surface area contributed by atoms with E-state index in [0.29, 0.717) is 0 Å². The number of anilines is 3. The predicted molar refractivity (Wildman–Crippen MR) is 264 cm³/mol. The summed E-state index contributed by atoms with van der Waals surface area (Å²) < 4.78 is 2.44. The Hall–Kier alpha value is -8.20. The second-order valence-electron chi connectivity index (χ2n) is 16.1. The van der Waals surface area contributed by atoms with Crippen LogP contribution in [0.3, 0.4) is 0 Å². The van der Waals surface area contributed by atoms with Crippen LogP contribution in [0.2, 0.25) is 0 Å². The number of nitrogens with zero attached hydrogens (tertiary/aromatic N) is 2. The molecule has 11 aromatic carbocycles. The summed E-state index contributed by atoms with van der Waals surface area (Å²) in [7, 11) is 0. The quantitative estimate of drug-likeness (QED) is 0.156. The van der Waals surface area contributed by atoms with Crippen molar-refractivity contribution in [2.45, 2.75) is 0 Å². The average molecular weight is 789 g/mol. The number of hydrogen-bond donors (Lipinski definition) is 0. The summed E-state index contributed by atoms with van der Waals surface area (Å²) in [4.78, 5) is 2.40. The highest BCUT2D eigenvalue weighted by atomic mass is 15.1. The van der Waals surface area contributed by atoms with Crippen molar-refractivity contribution in [2.24, 2.45) is 0 Å². The minimum Gasteiger partial charge on any atom is -0.310 e. The molecule has 0 saturated heterocycles. The number of benzene rings is 11. The summed E-state index contributed by atoms with van der Waals surface area (Å²) in [6.07, 6.45) is 0. The monoisotopic (exact) mass is 788 g/mol. The van der Waals surface area contributed by atoms with Gasteiger partial charge >= 0.3 is 0 Å². The van der Waals surface area contributed by atoms with E-state index in [0.717, 1.165) is 22.7 Å². The Bertz CT molecular complexity index is 3590. The number of hydrogen-bond acceptors (Lipinski definition) is 1. The van der Waals surface area contributed by atoms with Crippen molar-refractivity contribution in [2.75, 3.05) is 4.90 Å². The third kappa shape index (κ3) is 5.96. The Balaban J connectivity index is 0.975. The number of aromatic nitrogens is 1. The third-order valence-corrected chi connectivity index (χ3v) is 12.6. The standard InChI is InChI=1S/C60H40N2/c1-3-14-43(15-4-1)52-25-11-19-46-20-12-26-53(59(46)52)45-30-36-50(37-31-45)61(57-27-13-18-42-16-7-9-23-51(42)57)49-34-28-41(29-35-49)47-33-38-55-56-39-32-44-17-8-10-24-54(44)60(56)62(58(55)40-47)48-21-5-2-6-22-48/h1-40H. The van der Waals surface area contributed by atoms with Crippen LogP contribution in [0.25, 0.3) is 93.2 Å². The van der Waals surface area contributed by atoms with Gasteiger partial charge in [-0.25, -0.2) is 0 Å². The van der Waals surface area contributed by atoms with E-state index in [2.05, 4.69) is 252 Å². The van der Waals surface area contributed by atoms with Crippen molar-refractivity contribution < 1.29 is 0 Å². The van der Waals surface area contributed by atoms with Gasteiger partial charge in [-0.3, -0.25) is 0 Å². The van der Waals surface area contributed by atoms with Gasteiger partial charge in [0.1, 0.15) is 0 Å². The fraction of sp³-hybridized carbons (Fsp3) is 0. The number of fused-ring (bicyclic) bond motifs is 7. The van der Waals surface area contributed by atoms with E-state index in [1.165, 1.54) is 87.5 Å². The van der Waals surface area contributed by atoms with Crippen LogP contribution in [0.4, 0.5) is 17.1 Å². The fourth-order valence-electron chi connectivity index (χ4n) is 9.67. The zero-order chi connectivity index (χ0) is 41.0. The van der Waals surface area contributed by atoms with Gasteiger partial charge in [-0.05, 0) is 103 Å². The van der Waals surface area contributed by atoms with E-state index < -0.39 is 0 Å². The van der Waals surface area contributed by atoms with E-state index in [4.69, 9.17) is 0 Å². The molecular weight excluding hydrogens is 749 g/mol. The number of para-hydroxylation sites is 1. The molecule has 0 aliphatic carbocycles. The van der Waals surface area contributed by atoms with Crippen molar-refractivity contribution in [3.8, 4) is 39.1 Å². The van der Waals surface area contributed by atoms with Crippen molar-refractivity contribution in [1.29, 1.82) is 0 Å². The molecule has 0 saturated carbocycles. The molecule has 2 nitrogen and oxygen atoms in total. The van der Waals surface area contributed by atoms with Crippen LogP contribution in [-0.4, -0.2) is 4.57 Å². The highest BCUT2D eigenvalue weighted by Crippen LogP contribution is 2.43. The van der Waals surface area contributed by atoms with Crippen LogP contribution in [0.1, 0.15) is 0 Å². The van der Waals surface area contributed by atoms with Gasteiger partial charge in [0.2, 0.25) is 0 Å². The minimum absolute atomic E-state index is 1.10. The Morgan fingerprint density at radius 3 is 1.53 bits per heavy atom. The van der Waals surface area contributed by atoms with Gasteiger partial charge < -0.3 is 9.47 Å². The van der Waals surface area contributed by atoms with Crippen LogP contribution in [0, 0.1) is 0 Å². The molecule has 0 aliphatic rings. The second kappa shape index (κ2) is 14.8. The Labute approximate surface area is 360 Å². The van der Waals surface area contributed by atoms with Gasteiger partial charge in [0.15, 0.2) is 0 Å². The maximum atomic E-state index is 2.44. The van der Waals surface area contributed by atoms with Gasteiger partial charge in [0.25, 0.3) is 0 Å². The maximum Gasteiger partial charge on any atom is 0.0619 e. The summed E-state index contributed by atoms with van der Waals surface area (Å²) in [6.45, 7) is 0. The topological polar surface area (TPSA) is 8.17 Å². The van der Waals surface area contributed by atoms with Crippen molar-refractivity contribution in [3.63, 3.8) is 0 Å². The van der Waals surface area contributed by atoms with E-state index in [-0.39, 0.29) is 0 Å². The minimum atomic E-state index is 1.10. The first-order valence-electron chi connectivity index (χ1n) is 21.3. The molecule has 1 aromatic heterocycles. The third-order valence-electron chi connectivity index (χ3n) is 12.6. The lowest BCUT2D eigenvalue weighted by molar-refractivity contribution is 1.19. The molecule has 2 heteroatoms. The first-order valence-corrected chi connectivity index (χ1v) is 21.3. The lowest BCUT2D eigenvalue weighted by Gasteiger charge is -2.27. The van der Waals surface area contributed by atoms with E-state index in [1.807, 2.05) is 0 Å². The molecule has 0 radical (unpaired) electrons. The van der Waals surface area contributed by atoms with Gasteiger partial charge in [0.05, 0.1) is 16.7 Å². The molecule has 0 spiro atoms. The molecule has 1 heterocycles. The molecule has 0 aliphatic heterocycles. The number of rotatable bonds is 7. The van der Waals surface area contributed by atoms with Gasteiger partial charge in [-0.15, -0.1) is 0 Å². The molecular formula is C60H40N2. The Kier molecular flexibility index (Phi) is 8.53. The summed E-state index contributed by atoms with van der Waals surface area (Å²) >= 11 is 0. The summed E-state index contributed by atoms with van der Waals surface area (Å²) in [5.74, 6) is 0. The molecule has 0 atom stereocenters. The largest absolute Gasteiger partial charge is 0.310 e. The van der Waals surface area contributed by atoms with Gasteiger partial charge in [0, 0.05) is 38.6 Å². The molecule has 0 N–H and O–H groups in total. The highest BCUT2D eigenvalue weighted by Gasteiger charge is 2.19. The van der Waals surface area contributed by atoms with Crippen LogP contribution in [-0.2, 0) is 0 Å². The van der Waals surface area contributed by atoms with Crippen LogP contribution < -0.4 is 4.90 Å². The zero-order valence-electron chi connectivity index (χ0n) is 34.0. The summed E-state index contributed by atoms with van der Waals surface area (Å²) in [6, 6.07) is 88.4. The molecule has 0 fully saturated rings. The molecule has 12 aromatic rings. The Morgan fingerprint density at radius 1 is 0.306 bits per heavy atom. The van der Waals surface area contributed by atoms with Crippen molar-refractivity contribution in [3.05, 3.63) is 243 Å². The van der Waals surface area contributed by atoms with Crippen molar-refractivity contribution >= 4 is 71.2 Å². The SMILES string of the molecule is c1ccc(-c2cccc3cccc(-c4ccc(N(c5ccc(-c6ccc7c8ccc9ccccc9c8n(-c8ccccc8)c7c6)cc5)c5cccc6ccccc56)cc4)c23)cc1. The van der Waals surface area contributed by atoms with E-state index in [9.17, 15) is 0 Å². The smallest absolute Gasteiger partial charge is 0.0619 e. The zero-order valence-corrected chi connectivity index (χ0v) is 34.0. The second-order valence-corrected chi connectivity index (χ2v) is 16.1. The van der Waals surface area contributed by atoms with Crippen molar-refractivity contribution in [1.82, 2.24) is 4.57 Å². The molecule has 12 rings (SSSR count). The molecule has 0 bridgehead atoms. The molecule has 0 unspecified atom stereocenters.